The van der Waals surface area contributed by atoms with E-state index in [1.807, 2.05) is 0 Å². The summed E-state index contributed by atoms with van der Waals surface area (Å²) in [5, 5.41) is 24.5. The van der Waals surface area contributed by atoms with Crippen molar-refractivity contribution in [2.75, 3.05) is 5.32 Å². The molecule has 0 aliphatic carbocycles. The minimum Gasteiger partial charge on any atom is -0.505 e. The van der Waals surface area contributed by atoms with Crippen molar-refractivity contribution in [1.29, 1.82) is 0 Å². The Morgan fingerprint density at radius 1 is 1.47 bits per heavy atom. The molecular formula is C11H7IN2O4S. The first kappa shape index (κ1) is 13.7. The number of rotatable bonds is 3. The molecule has 0 saturated heterocycles. The summed E-state index contributed by atoms with van der Waals surface area (Å²) in [5.41, 5.74) is -0.149. The van der Waals surface area contributed by atoms with Crippen LogP contribution in [-0.4, -0.2) is 15.9 Å². The van der Waals surface area contributed by atoms with E-state index >= 15 is 0 Å². The normalized spacial score (nSPS) is 10.2. The van der Waals surface area contributed by atoms with Crippen LogP contribution < -0.4 is 5.32 Å². The predicted octanol–water partition coefficient (Wildman–Crippen LogP) is 3.22. The number of nitrogens with one attached hydrogen (secondary N) is 1. The Morgan fingerprint density at radius 2 is 2.21 bits per heavy atom. The van der Waals surface area contributed by atoms with Crippen LogP contribution in [-0.2, 0) is 0 Å². The van der Waals surface area contributed by atoms with Gasteiger partial charge in [-0.25, -0.2) is 0 Å². The first-order valence-electron chi connectivity index (χ1n) is 5.01. The highest BCUT2D eigenvalue weighted by Crippen LogP contribution is 2.33. The van der Waals surface area contributed by atoms with Gasteiger partial charge in [0.2, 0.25) is 0 Å². The summed E-state index contributed by atoms with van der Waals surface area (Å²) >= 11 is 3.46. The maximum absolute atomic E-state index is 11.9. The molecule has 19 heavy (non-hydrogen) atoms. The molecule has 0 unspecified atom stereocenters. The van der Waals surface area contributed by atoms with Gasteiger partial charge in [0.1, 0.15) is 5.75 Å². The second-order valence-corrected chi connectivity index (χ2v) is 6.33. The smallest absolute Gasteiger partial charge is 0.296 e. The van der Waals surface area contributed by atoms with Gasteiger partial charge in [-0.1, -0.05) is 6.07 Å². The number of nitro groups is 1. The van der Waals surface area contributed by atoms with Crippen molar-refractivity contribution >= 4 is 51.2 Å². The number of benzene rings is 1. The number of phenolic OH excluding ortho intramolecular Hbond substituents is 1. The molecule has 0 aliphatic heterocycles. The zero-order chi connectivity index (χ0) is 14.0. The second-order valence-electron chi connectivity index (χ2n) is 3.52. The lowest BCUT2D eigenvalue weighted by atomic mass is 10.2. The van der Waals surface area contributed by atoms with Gasteiger partial charge in [0.15, 0.2) is 5.69 Å². The number of carbonyl (C=O) groups is 1. The molecule has 6 nitrogen and oxygen atoms in total. The van der Waals surface area contributed by atoms with Crippen LogP contribution in [0.2, 0.25) is 0 Å². The SMILES string of the molecule is O=C(Nc1c(O)cccc1[N+](=O)[O-])c1csc(I)c1. The van der Waals surface area contributed by atoms with Crippen LogP contribution in [0.5, 0.6) is 5.75 Å². The third kappa shape index (κ3) is 3.01. The Balaban J connectivity index is 2.33. The van der Waals surface area contributed by atoms with Crippen molar-refractivity contribution in [1.82, 2.24) is 0 Å². The average Bonchev–Trinajstić information content (AvgIpc) is 2.78. The van der Waals surface area contributed by atoms with Gasteiger partial charge in [0.05, 0.1) is 13.4 Å². The van der Waals surface area contributed by atoms with Crippen molar-refractivity contribution < 1.29 is 14.8 Å². The van der Waals surface area contributed by atoms with Crippen LogP contribution in [0.4, 0.5) is 11.4 Å². The van der Waals surface area contributed by atoms with E-state index in [-0.39, 0.29) is 17.1 Å². The van der Waals surface area contributed by atoms with E-state index in [1.54, 1.807) is 11.4 Å². The molecule has 98 valence electrons. The van der Waals surface area contributed by atoms with Gasteiger partial charge < -0.3 is 10.4 Å². The zero-order valence-electron chi connectivity index (χ0n) is 9.29. The van der Waals surface area contributed by atoms with Gasteiger partial charge in [0.25, 0.3) is 11.6 Å². The lowest BCUT2D eigenvalue weighted by Crippen LogP contribution is -2.12. The molecule has 0 aliphatic rings. The summed E-state index contributed by atoms with van der Waals surface area (Å²) in [6, 6.07) is 5.50. The minimum atomic E-state index is -0.660. The number of halogens is 1. The molecule has 2 N–H and O–H groups in total. The molecule has 0 bridgehead atoms. The van der Waals surface area contributed by atoms with E-state index in [4.69, 9.17) is 0 Å². The van der Waals surface area contributed by atoms with E-state index in [1.165, 1.54) is 29.5 Å². The van der Waals surface area contributed by atoms with Crippen LogP contribution in [0, 0.1) is 13.0 Å². The first-order chi connectivity index (χ1) is 8.99. The van der Waals surface area contributed by atoms with Gasteiger partial charge in [-0.15, -0.1) is 11.3 Å². The number of nitro benzene ring substituents is 1. The average molecular weight is 390 g/mol. The zero-order valence-corrected chi connectivity index (χ0v) is 12.3. The van der Waals surface area contributed by atoms with Crippen molar-refractivity contribution in [2.45, 2.75) is 0 Å². The number of nitrogens with zero attached hydrogens (tertiary/aromatic N) is 1. The number of para-hydroxylation sites is 1. The van der Waals surface area contributed by atoms with Crippen LogP contribution in [0.15, 0.2) is 29.6 Å². The molecule has 2 aromatic rings. The summed E-state index contributed by atoms with van der Waals surface area (Å²) in [7, 11) is 0. The topological polar surface area (TPSA) is 92.5 Å². The predicted molar refractivity (Wildman–Crippen MR) is 79.8 cm³/mol. The van der Waals surface area contributed by atoms with E-state index in [0.29, 0.717) is 5.56 Å². The fraction of sp³-hybridized carbons (Fsp3) is 0. The van der Waals surface area contributed by atoms with Gasteiger partial charge in [-0.05, 0) is 34.7 Å². The maximum atomic E-state index is 11.9. The van der Waals surface area contributed by atoms with Gasteiger partial charge >= 0.3 is 0 Å². The molecule has 2 rings (SSSR count). The van der Waals surface area contributed by atoms with Crippen molar-refractivity contribution in [3.05, 3.63) is 48.2 Å². The standard InChI is InChI=1S/C11H7IN2O4S/c12-9-4-6(5-19-9)11(16)13-10-7(14(17)18)2-1-3-8(10)15/h1-5,15H,(H,13,16). The quantitative estimate of drug-likeness (QED) is 0.364. The van der Waals surface area contributed by atoms with Crippen LogP contribution in [0.25, 0.3) is 0 Å². The monoisotopic (exact) mass is 390 g/mol. The Labute approximate surface area is 125 Å². The molecule has 0 saturated carbocycles. The lowest BCUT2D eigenvalue weighted by molar-refractivity contribution is -0.384. The fourth-order valence-electron chi connectivity index (χ4n) is 1.42. The van der Waals surface area contributed by atoms with E-state index in [0.717, 1.165) is 2.88 Å². The number of aromatic hydroxyl groups is 1. The molecule has 1 amide bonds. The molecule has 1 heterocycles. The van der Waals surface area contributed by atoms with Gasteiger partial charge in [-0.3, -0.25) is 14.9 Å². The number of hydrogen-bond acceptors (Lipinski definition) is 5. The minimum absolute atomic E-state index is 0.196. The molecule has 0 radical (unpaired) electrons. The first-order valence-corrected chi connectivity index (χ1v) is 6.96. The van der Waals surface area contributed by atoms with Crippen LogP contribution in [0.3, 0.4) is 0 Å². The summed E-state index contributed by atoms with van der Waals surface area (Å²) in [4.78, 5) is 22.1. The van der Waals surface area contributed by atoms with E-state index in [2.05, 4.69) is 27.9 Å². The molecule has 0 spiro atoms. The van der Waals surface area contributed by atoms with Crippen LogP contribution in [0.1, 0.15) is 10.4 Å². The number of anilines is 1. The summed E-state index contributed by atoms with van der Waals surface area (Å²) in [5.74, 6) is -0.837. The second kappa shape index (κ2) is 5.53. The van der Waals surface area contributed by atoms with Crippen molar-refractivity contribution in [3.63, 3.8) is 0 Å². The molecule has 0 fully saturated rings. The number of hydrogen-bond donors (Lipinski definition) is 2. The largest absolute Gasteiger partial charge is 0.505 e. The Morgan fingerprint density at radius 3 is 2.79 bits per heavy atom. The summed E-state index contributed by atoms with van der Waals surface area (Å²) < 4.78 is 0.925. The third-order valence-corrected chi connectivity index (χ3v) is 4.07. The number of phenols is 1. The molecule has 1 aromatic carbocycles. The summed E-state index contributed by atoms with van der Waals surface area (Å²) in [6.07, 6.45) is 0. The van der Waals surface area contributed by atoms with E-state index in [9.17, 15) is 20.0 Å². The fourth-order valence-corrected chi connectivity index (χ4v) is 2.75. The van der Waals surface area contributed by atoms with Gasteiger partial charge in [0, 0.05) is 11.4 Å². The number of thiophene rings is 1. The Hall–Kier alpha value is -1.68. The highest BCUT2D eigenvalue weighted by atomic mass is 127. The van der Waals surface area contributed by atoms with Crippen molar-refractivity contribution in [3.8, 4) is 5.75 Å². The highest BCUT2D eigenvalue weighted by Gasteiger charge is 2.20. The molecule has 8 heteroatoms. The number of carbonyl (C=O) groups excluding carboxylic acids is 1. The third-order valence-electron chi connectivity index (χ3n) is 2.29. The highest BCUT2D eigenvalue weighted by molar-refractivity contribution is 14.1. The molecular weight excluding hydrogens is 383 g/mol. The molecule has 0 atom stereocenters. The molecule has 1 aromatic heterocycles. The van der Waals surface area contributed by atoms with Crippen molar-refractivity contribution in [2.24, 2.45) is 0 Å². The maximum Gasteiger partial charge on any atom is 0.296 e. The summed E-state index contributed by atoms with van der Waals surface area (Å²) in [6.45, 7) is 0. The number of amides is 1. The Bertz CT molecular complexity index is 656. The lowest BCUT2D eigenvalue weighted by Gasteiger charge is -2.06. The van der Waals surface area contributed by atoms with E-state index < -0.39 is 10.8 Å². The van der Waals surface area contributed by atoms with Crippen LogP contribution >= 0.6 is 33.9 Å². The Kier molecular flexibility index (Phi) is 4.00. The van der Waals surface area contributed by atoms with Gasteiger partial charge in [-0.2, -0.15) is 0 Å².